The zero-order chi connectivity index (χ0) is 12.5. The molecule has 0 bridgehead atoms. The number of H-pyrrole nitrogens is 1. The van der Waals surface area contributed by atoms with Crippen molar-refractivity contribution in [3.8, 4) is 5.75 Å². The Morgan fingerprint density at radius 1 is 1.33 bits per heavy atom. The molecule has 1 aliphatic rings. The molecule has 0 saturated heterocycles. The van der Waals surface area contributed by atoms with Gasteiger partial charge in [-0.3, -0.25) is 9.89 Å². The van der Waals surface area contributed by atoms with Gasteiger partial charge in [-0.25, -0.2) is 0 Å². The molecule has 0 saturated carbocycles. The van der Waals surface area contributed by atoms with Crippen molar-refractivity contribution >= 4 is 5.78 Å². The number of aromatic amines is 1. The first-order valence-electron chi connectivity index (χ1n) is 5.98. The quantitative estimate of drug-likeness (QED) is 0.879. The fraction of sp³-hybridized carbons (Fsp3) is 0.286. The molecular weight excluding hydrogens is 228 g/mol. The van der Waals surface area contributed by atoms with Crippen LogP contribution in [0.25, 0.3) is 0 Å². The number of nitrogens with zero attached hydrogens (tertiary/aromatic N) is 1. The average Bonchev–Trinajstić information content (AvgIpc) is 2.87. The van der Waals surface area contributed by atoms with Crippen molar-refractivity contribution in [3.05, 3.63) is 47.3 Å². The van der Waals surface area contributed by atoms with E-state index in [1.165, 1.54) is 0 Å². The lowest BCUT2D eigenvalue weighted by molar-refractivity contribution is 0.0964. The Labute approximate surface area is 105 Å². The third-order valence-corrected chi connectivity index (χ3v) is 3.48. The van der Waals surface area contributed by atoms with Crippen LogP contribution in [-0.4, -0.2) is 23.1 Å². The number of aromatic nitrogens is 2. The molecule has 0 radical (unpaired) electrons. The maximum absolute atomic E-state index is 12.0. The number of ketones is 1. The number of nitrogens with one attached hydrogen (secondary N) is 1. The molecule has 0 aliphatic heterocycles. The third kappa shape index (κ3) is 1.70. The number of benzene rings is 1. The Morgan fingerprint density at radius 2 is 2.17 bits per heavy atom. The summed E-state index contributed by atoms with van der Waals surface area (Å²) < 4.78 is 5.37. The minimum Gasteiger partial charge on any atom is -0.496 e. The van der Waals surface area contributed by atoms with E-state index in [-0.39, 0.29) is 11.7 Å². The van der Waals surface area contributed by atoms with E-state index in [0.717, 1.165) is 29.0 Å². The first-order chi connectivity index (χ1) is 8.79. The highest BCUT2D eigenvalue weighted by Crippen LogP contribution is 2.35. The summed E-state index contributed by atoms with van der Waals surface area (Å²) in [5, 5.41) is 6.86. The summed E-state index contributed by atoms with van der Waals surface area (Å²) in [6.45, 7) is 0. The summed E-state index contributed by atoms with van der Waals surface area (Å²) in [7, 11) is 1.66. The van der Waals surface area contributed by atoms with Crippen molar-refractivity contribution < 1.29 is 9.53 Å². The second-order valence-electron chi connectivity index (χ2n) is 4.53. The monoisotopic (exact) mass is 242 g/mol. The Kier molecular flexibility index (Phi) is 2.63. The average molecular weight is 242 g/mol. The van der Waals surface area contributed by atoms with Gasteiger partial charge in [-0.15, -0.1) is 0 Å². The molecule has 92 valence electrons. The van der Waals surface area contributed by atoms with E-state index in [1.54, 1.807) is 13.3 Å². The van der Waals surface area contributed by atoms with Crippen molar-refractivity contribution in [2.24, 2.45) is 0 Å². The zero-order valence-electron chi connectivity index (χ0n) is 10.1. The van der Waals surface area contributed by atoms with Gasteiger partial charge < -0.3 is 4.74 Å². The fourth-order valence-electron chi connectivity index (χ4n) is 2.58. The third-order valence-electron chi connectivity index (χ3n) is 3.48. The Hall–Kier alpha value is -2.10. The number of para-hydroxylation sites is 1. The van der Waals surface area contributed by atoms with Crippen LogP contribution in [0.15, 0.2) is 30.5 Å². The summed E-state index contributed by atoms with van der Waals surface area (Å²) in [5.74, 6) is 1.17. The van der Waals surface area contributed by atoms with Gasteiger partial charge in [0.25, 0.3) is 0 Å². The van der Waals surface area contributed by atoms with E-state index in [2.05, 4.69) is 10.2 Å². The number of rotatable bonds is 2. The minimum absolute atomic E-state index is 0.154. The lowest BCUT2D eigenvalue weighted by Crippen LogP contribution is -2.18. The SMILES string of the molecule is COc1ccccc1[C@@H]1CC(=O)c2cn[nH]c2C1. The van der Waals surface area contributed by atoms with E-state index in [1.807, 2.05) is 24.3 Å². The normalized spacial score (nSPS) is 18.5. The van der Waals surface area contributed by atoms with Gasteiger partial charge in [0.15, 0.2) is 5.78 Å². The van der Waals surface area contributed by atoms with Crippen LogP contribution in [0.4, 0.5) is 0 Å². The molecule has 4 heteroatoms. The number of methoxy groups -OCH3 is 1. The number of fused-ring (bicyclic) bond motifs is 1. The van der Waals surface area contributed by atoms with Gasteiger partial charge in [-0.1, -0.05) is 18.2 Å². The van der Waals surface area contributed by atoms with Gasteiger partial charge in [-0.05, 0) is 18.1 Å². The fourth-order valence-corrected chi connectivity index (χ4v) is 2.58. The summed E-state index contributed by atoms with van der Waals surface area (Å²) >= 11 is 0. The van der Waals surface area contributed by atoms with Crippen LogP contribution in [0.1, 0.15) is 34.0 Å². The van der Waals surface area contributed by atoms with Crippen LogP contribution >= 0.6 is 0 Å². The Bertz CT molecular complexity index is 589. The summed E-state index contributed by atoms with van der Waals surface area (Å²) in [6, 6.07) is 7.87. The van der Waals surface area contributed by atoms with Crippen LogP contribution in [-0.2, 0) is 6.42 Å². The summed E-state index contributed by atoms with van der Waals surface area (Å²) in [6.07, 6.45) is 2.95. The number of ether oxygens (including phenoxy) is 1. The first kappa shape index (κ1) is 11.0. The molecule has 0 unspecified atom stereocenters. The van der Waals surface area contributed by atoms with Crippen LogP contribution < -0.4 is 4.74 Å². The van der Waals surface area contributed by atoms with Crippen LogP contribution in [0.3, 0.4) is 0 Å². The van der Waals surface area contributed by atoms with Crippen LogP contribution in [0, 0.1) is 0 Å². The molecule has 1 aromatic heterocycles. The van der Waals surface area contributed by atoms with Gasteiger partial charge >= 0.3 is 0 Å². The van der Waals surface area contributed by atoms with E-state index < -0.39 is 0 Å². The molecule has 0 amide bonds. The van der Waals surface area contributed by atoms with Gasteiger partial charge in [0, 0.05) is 18.0 Å². The van der Waals surface area contributed by atoms with Crippen molar-refractivity contribution in [2.75, 3.05) is 7.11 Å². The highest BCUT2D eigenvalue weighted by molar-refractivity contribution is 5.98. The molecule has 1 aromatic carbocycles. The lowest BCUT2D eigenvalue weighted by atomic mass is 9.82. The minimum atomic E-state index is 0.154. The molecule has 1 atom stereocenters. The maximum Gasteiger partial charge on any atom is 0.166 e. The van der Waals surface area contributed by atoms with Gasteiger partial charge in [-0.2, -0.15) is 5.10 Å². The highest BCUT2D eigenvalue weighted by Gasteiger charge is 2.29. The van der Waals surface area contributed by atoms with Crippen LogP contribution in [0.5, 0.6) is 5.75 Å². The van der Waals surface area contributed by atoms with Gasteiger partial charge in [0.1, 0.15) is 5.75 Å². The van der Waals surface area contributed by atoms with E-state index in [0.29, 0.717) is 6.42 Å². The Balaban J connectivity index is 1.98. The van der Waals surface area contributed by atoms with E-state index in [9.17, 15) is 4.79 Å². The van der Waals surface area contributed by atoms with Gasteiger partial charge in [0.2, 0.25) is 0 Å². The second kappa shape index (κ2) is 4.29. The number of hydrogen-bond acceptors (Lipinski definition) is 3. The maximum atomic E-state index is 12.0. The van der Waals surface area contributed by atoms with Crippen molar-refractivity contribution in [1.82, 2.24) is 10.2 Å². The summed E-state index contributed by atoms with van der Waals surface area (Å²) in [5.41, 5.74) is 2.76. The standard InChI is InChI=1S/C14H14N2O2/c1-18-14-5-3-2-4-10(14)9-6-12-11(8-15-16-12)13(17)7-9/h2-5,8-9H,6-7H2,1H3,(H,15,16)/t9-/m0/s1. The number of carbonyl (C=O) groups excluding carboxylic acids is 1. The van der Waals surface area contributed by atoms with E-state index >= 15 is 0 Å². The molecule has 1 N–H and O–H groups in total. The van der Waals surface area contributed by atoms with Crippen LogP contribution in [0.2, 0.25) is 0 Å². The molecule has 4 nitrogen and oxygen atoms in total. The van der Waals surface area contributed by atoms with Crippen molar-refractivity contribution in [1.29, 1.82) is 0 Å². The lowest BCUT2D eigenvalue weighted by Gasteiger charge is -2.22. The topological polar surface area (TPSA) is 55.0 Å². The van der Waals surface area contributed by atoms with Gasteiger partial charge in [0.05, 0.1) is 18.9 Å². The molecule has 3 rings (SSSR count). The molecule has 2 aromatic rings. The van der Waals surface area contributed by atoms with Crippen molar-refractivity contribution in [2.45, 2.75) is 18.8 Å². The number of hydrogen-bond donors (Lipinski definition) is 1. The van der Waals surface area contributed by atoms with E-state index in [4.69, 9.17) is 4.74 Å². The molecule has 0 fully saturated rings. The molecule has 1 heterocycles. The molecular formula is C14H14N2O2. The Morgan fingerprint density at radius 3 is 3.00 bits per heavy atom. The molecule has 1 aliphatic carbocycles. The predicted octanol–water partition coefficient (Wildman–Crippen LogP) is 2.33. The number of carbonyl (C=O) groups is 1. The van der Waals surface area contributed by atoms with Crippen molar-refractivity contribution in [3.63, 3.8) is 0 Å². The largest absolute Gasteiger partial charge is 0.496 e. The smallest absolute Gasteiger partial charge is 0.166 e. The predicted molar refractivity (Wildman–Crippen MR) is 67.0 cm³/mol. The zero-order valence-corrected chi connectivity index (χ0v) is 10.1. The number of Topliss-reactive ketones (excluding diaryl/α,β-unsaturated/α-hetero) is 1. The molecule has 0 spiro atoms. The highest BCUT2D eigenvalue weighted by atomic mass is 16.5. The second-order valence-corrected chi connectivity index (χ2v) is 4.53. The summed E-state index contributed by atoms with van der Waals surface area (Å²) in [4.78, 5) is 12.0. The molecule has 18 heavy (non-hydrogen) atoms. The first-order valence-corrected chi connectivity index (χ1v) is 5.98.